The molecule has 0 unspecified atom stereocenters. The molecule has 96 valence electrons. The molecule has 4 heteroatoms. The zero-order valence-corrected chi connectivity index (χ0v) is 11.3. The van der Waals surface area contributed by atoms with Crippen LogP contribution >= 0.6 is 0 Å². The Bertz CT molecular complexity index is 525. The highest BCUT2D eigenvalue weighted by Gasteiger charge is 2.14. The molecule has 2 N–H and O–H groups in total. The summed E-state index contributed by atoms with van der Waals surface area (Å²) in [5.41, 5.74) is 9.05. The van der Waals surface area contributed by atoms with Crippen LogP contribution in [0.1, 0.15) is 31.8 Å². The van der Waals surface area contributed by atoms with Crippen LogP contribution in [-0.4, -0.2) is 14.5 Å². The molecule has 0 atom stereocenters. The van der Waals surface area contributed by atoms with Gasteiger partial charge in [-0.1, -0.05) is 13.8 Å². The minimum Gasteiger partial charge on any atom is -0.383 e. The smallest absolute Gasteiger partial charge is 0.131 e. The summed E-state index contributed by atoms with van der Waals surface area (Å²) in [6.45, 7) is 7.14. The number of rotatable bonds is 4. The highest BCUT2D eigenvalue weighted by atomic mass is 15.1. The molecule has 2 rings (SSSR count). The molecule has 0 aliphatic heterocycles. The van der Waals surface area contributed by atoms with E-state index in [1.165, 1.54) is 0 Å². The average Bonchev–Trinajstić information content (AvgIpc) is 2.69. The Balaban J connectivity index is 2.48. The molecule has 0 amide bonds. The maximum atomic E-state index is 6.21. The van der Waals surface area contributed by atoms with Crippen LogP contribution in [0.2, 0.25) is 0 Å². The Morgan fingerprint density at radius 1 is 1.28 bits per heavy atom. The minimum absolute atomic E-state index is 0.749. The number of anilines is 1. The third-order valence-corrected chi connectivity index (χ3v) is 3.03. The monoisotopic (exact) mass is 244 g/mol. The average molecular weight is 244 g/mol. The van der Waals surface area contributed by atoms with E-state index in [-0.39, 0.29) is 0 Å². The third-order valence-electron chi connectivity index (χ3n) is 3.03. The van der Waals surface area contributed by atoms with E-state index in [1.54, 1.807) is 0 Å². The fourth-order valence-electron chi connectivity index (χ4n) is 2.08. The Morgan fingerprint density at radius 2 is 2.06 bits per heavy atom. The van der Waals surface area contributed by atoms with Crippen molar-refractivity contribution < 1.29 is 0 Å². The van der Waals surface area contributed by atoms with Crippen LogP contribution in [0.25, 0.3) is 11.3 Å². The summed E-state index contributed by atoms with van der Waals surface area (Å²) >= 11 is 0. The van der Waals surface area contributed by atoms with Gasteiger partial charge in [0.05, 0.1) is 0 Å². The van der Waals surface area contributed by atoms with Gasteiger partial charge in [0, 0.05) is 30.4 Å². The van der Waals surface area contributed by atoms with Crippen LogP contribution in [0, 0.1) is 6.92 Å². The molecule has 0 bridgehead atoms. The third kappa shape index (κ3) is 2.23. The fraction of sp³-hybridized carbons (Fsp3) is 0.429. The Morgan fingerprint density at radius 3 is 2.61 bits per heavy atom. The molecule has 2 aromatic heterocycles. The number of aromatic nitrogens is 3. The van der Waals surface area contributed by atoms with Gasteiger partial charge in [0.25, 0.3) is 0 Å². The van der Waals surface area contributed by atoms with E-state index in [4.69, 9.17) is 5.73 Å². The first-order valence-corrected chi connectivity index (χ1v) is 6.45. The van der Waals surface area contributed by atoms with Gasteiger partial charge in [-0.25, -0.2) is 4.98 Å². The minimum atomic E-state index is 0.749. The van der Waals surface area contributed by atoms with E-state index in [0.29, 0.717) is 0 Å². The maximum absolute atomic E-state index is 6.21. The molecular weight excluding hydrogens is 224 g/mol. The number of aryl methyl sites for hydroxylation is 2. The molecule has 0 aromatic carbocycles. The van der Waals surface area contributed by atoms with Crippen molar-refractivity contribution in [3.63, 3.8) is 0 Å². The van der Waals surface area contributed by atoms with Gasteiger partial charge in [-0.2, -0.15) is 0 Å². The van der Waals surface area contributed by atoms with Crippen LogP contribution in [0.5, 0.6) is 0 Å². The van der Waals surface area contributed by atoms with Crippen molar-refractivity contribution >= 4 is 5.82 Å². The first-order valence-electron chi connectivity index (χ1n) is 6.45. The molecule has 0 saturated heterocycles. The predicted octanol–water partition coefficient (Wildman–Crippen LogP) is 2.81. The van der Waals surface area contributed by atoms with Crippen molar-refractivity contribution in [2.75, 3.05) is 5.73 Å². The molecule has 0 spiro atoms. The van der Waals surface area contributed by atoms with Gasteiger partial charge < -0.3 is 10.3 Å². The quantitative estimate of drug-likeness (QED) is 0.899. The van der Waals surface area contributed by atoms with Crippen molar-refractivity contribution in [2.45, 2.75) is 40.2 Å². The van der Waals surface area contributed by atoms with Crippen LogP contribution < -0.4 is 5.73 Å². The van der Waals surface area contributed by atoms with Crippen LogP contribution in [0.4, 0.5) is 5.82 Å². The Kier molecular flexibility index (Phi) is 3.65. The molecule has 2 heterocycles. The Hall–Kier alpha value is -1.84. The zero-order chi connectivity index (χ0) is 13.1. The van der Waals surface area contributed by atoms with Gasteiger partial charge >= 0.3 is 0 Å². The predicted molar refractivity (Wildman–Crippen MR) is 74.3 cm³/mol. The number of nitrogens with two attached hydrogens (primary N) is 1. The van der Waals surface area contributed by atoms with Crippen molar-refractivity contribution in [2.24, 2.45) is 0 Å². The summed E-state index contributed by atoms with van der Waals surface area (Å²) in [5, 5.41) is 0. The number of hydrogen-bond acceptors (Lipinski definition) is 3. The van der Waals surface area contributed by atoms with Gasteiger partial charge in [-0.05, 0) is 25.5 Å². The summed E-state index contributed by atoms with van der Waals surface area (Å²) < 4.78 is 2.11. The summed E-state index contributed by atoms with van der Waals surface area (Å²) in [6, 6.07) is 4.01. The second kappa shape index (κ2) is 5.21. The van der Waals surface area contributed by atoms with Gasteiger partial charge in [-0.3, -0.25) is 4.98 Å². The van der Waals surface area contributed by atoms with Crippen LogP contribution in [0.15, 0.2) is 18.3 Å². The summed E-state index contributed by atoms with van der Waals surface area (Å²) in [6.07, 6.45) is 3.78. The van der Waals surface area contributed by atoms with E-state index in [9.17, 15) is 0 Å². The van der Waals surface area contributed by atoms with E-state index in [2.05, 4.69) is 28.4 Å². The zero-order valence-electron chi connectivity index (χ0n) is 11.3. The first kappa shape index (κ1) is 12.6. The molecule has 0 aliphatic carbocycles. The standard InChI is InChI=1S/C14H20N4/c1-4-8-18-12(5-2)17-13(14(18)15)11-7-6-10(3)16-9-11/h6-7,9H,4-5,8,15H2,1-3H3. The van der Waals surface area contributed by atoms with Gasteiger partial charge in [0.15, 0.2) is 0 Å². The lowest BCUT2D eigenvalue weighted by atomic mass is 10.2. The van der Waals surface area contributed by atoms with E-state index < -0.39 is 0 Å². The van der Waals surface area contributed by atoms with Crippen molar-refractivity contribution in [3.8, 4) is 11.3 Å². The van der Waals surface area contributed by atoms with Gasteiger partial charge in [0.1, 0.15) is 17.3 Å². The highest BCUT2D eigenvalue weighted by Crippen LogP contribution is 2.26. The number of nitrogens with zero attached hydrogens (tertiary/aromatic N) is 3. The fourth-order valence-corrected chi connectivity index (χ4v) is 2.08. The maximum Gasteiger partial charge on any atom is 0.131 e. The molecule has 0 saturated carbocycles. The molecule has 0 radical (unpaired) electrons. The summed E-state index contributed by atoms with van der Waals surface area (Å²) in [4.78, 5) is 8.95. The Labute approximate surface area is 108 Å². The molecule has 4 nitrogen and oxygen atoms in total. The van der Waals surface area contributed by atoms with Crippen molar-refractivity contribution in [1.29, 1.82) is 0 Å². The normalized spacial score (nSPS) is 10.8. The number of imidazole rings is 1. The van der Waals surface area contributed by atoms with Crippen LogP contribution in [-0.2, 0) is 13.0 Å². The molecular formula is C14H20N4. The van der Waals surface area contributed by atoms with Crippen LogP contribution in [0.3, 0.4) is 0 Å². The molecule has 0 aliphatic rings. The summed E-state index contributed by atoms with van der Waals surface area (Å²) in [7, 11) is 0. The lowest BCUT2D eigenvalue weighted by Gasteiger charge is -2.06. The second-order valence-corrected chi connectivity index (χ2v) is 4.46. The second-order valence-electron chi connectivity index (χ2n) is 4.46. The van der Waals surface area contributed by atoms with Gasteiger partial charge in [0.2, 0.25) is 0 Å². The van der Waals surface area contributed by atoms with E-state index in [1.807, 2.05) is 25.3 Å². The number of pyridine rings is 1. The number of hydrogen-bond donors (Lipinski definition) is 1. The molecule has 18 heavy (non-hydrogen) atoms. The van der Waals surface area contributed by atoms with E-state index >= 15 is 0 Å². The van der Waals surface area contributed by atoms with E-state index in [0.717, 1.165) is 48.0 Å². The molecule has 0 fully saturated rings. The summed E-state index contributed by atoms with van der Waals surface area (Å²) in [5.74, 6) is 1.80. The van der Waals surface area contributed by atoms with Crippen molar-refractivity contribution in [1.82, 2.24) is 14.5 Å². The number of nitrogen functional groups attached to an aromatic ring is 1. The van der Waals surface area contributed by atoms with Gasteiger partial charge in [-0.15, -0.1) is 0 Å². The lowest BCUT2D eigenvalue weighted by Crippen LogP contribution is -2.06. The molecule has 2 aromatic rings. The lowest BCUT2D eigenvalue weighted by molar-refractivity contribution is 0.650. The largest absolute Gasteiger partial charge is 0.383 e. The first-order chi connectivity index (χ1) is 8.67. The SMILES string of the molecule is CCCn1c(CC)nc(-c2ccc(C)nc2)c1N. The highest BCUT2D eigenvalue weighted by molar-refractivity contribution is 5.70. The topological polar surface area (TPSA) is 56.7 Å². The van der Waals surface area contributed by atoms with Crippen molar-refractivity contribution in [3.05, 3.63) is 29.8 Å².